The summed E-state index contributed by atoms with van der Waals surface area (Å²) in [6.07, 6.45) is 0.495. The van der Waals surface area contributed by atoms with Gasteiger partial charge in [-0.3, -0.25) is 9.10 Å². The highest BCUT2D eigenvalue weighted by molar-refractivity contribution is 7.92. The lowest BCUT2D eigenvalue weighted by Crippen LogP contribution is -2.29. The summed E-state index contributed by atoms with van der Waals surface area (Å²) in [7, 11) is -2.71. The van der Waals surface area contributed by atoms with Crippen molar-refractivity contribution in [2.45, 2.75) is 11.3 Å². The molecule has 11 heteroatoms. The van der Waals surface area contributed by atoms with E-state index >= 15 is 0 Å². The molecule has 0 saturated carbocycles. The number of benzene rings is 3. The zero-order valence-corrected chi connectivity index (χ0v) is 20.7. The van der Waals surface area contributed by atoms with Crippen molar-refractivity contribution < 1.29 is 22.7 Å². The fourth-order valence-corrected chi connectivity index (χ4v) is 6.10. The number of hydrogen-bond acceptors (Lipinski definition) is 5. The summed E-state index contributed by atoms with van der Waals surface area (Å²) in [5.41, 5.74) is 1.97. The molecule has 0 fully saturated rings. The molecule has 34 heavy (non-hydrogen) atoms. The van der Waals surface area contributed by atoms with E-state index in [9.17, 15) is 18.0 Å². The van der Waals surface area contributed by atoms with Crippen LogP contribution in [0.5, 0.6) is 0 Å². The highest BCUT2D eigenvalue weighted by Crippen LogP contribution is 2.35. The third-order valence-electron chi connectivity index (χ3n) is 5.26. The van der Waals surface area contributed by atoms with E-state index in [0.717, 1.165) is 5.56 Å². The minimum atomic E-state index is -3.95. The van der Waals surface area contributed by atoms with Gasteiger partial charge in [0.2, 0.25) is 0 Å². The van der Waals surface area contributed by atoms with Crippen molar-refractivity contribution >= 4 is 68.1 Å². The third-order valence-corrected chi connectivity index (χ3v) is 7.80. The Bertz CT molecular complexity index is 1410. The molecule has 0 bridgehead atoms. The van der Waals surface area contributed by atoms with Gasteiger partial charge in [0.1, 0.15) is 0 Å². The van der Waals surface area contributed by atoms with Crippen molar-refractivity contribution in [2.75, 3.05) is 23.3 Å². The second-order valence-corrected chi connectivity index (χ2v) is 10.6. The number of anilines is 2. The Balaban J connectivity index is 1.61. The number of methoxy groups -OCH3 is 1. The molecule has 1 aliphatic rings. The van der Waals surface area contributed by atoms with Crippen molar-refractivity contribution in [3.63, 3.8) is 0 Å². The average Bonchev–Trinajstić information content (AvgIpc) is 3.22. The number of carbonyl (C=O) groups is 2. The largest absolute Gasteiger partial charge is 0.465 e. The van der Waals surface area contributed by atoms with E-state index < -0.39 is 21.9 Å². The summed E-state index contributed by atoms with van der Waals surface area (Å²) in [6, 6.07) is 13.4. The number of carbonyl (C=O) groups excluding carboxylic acids is 2. The maximum atomic E-state index is 13.3. The zero-order valence-electron chi connectivity index (χ0n) is 17.6. The lowest BCUT2D eigenvalue weighted by atomic mass is 10.1. The molecular formula is C23H17Cl3N2O5S. The van der Waals surface area contributed by atoms with Gasteiger partial charge in [0, 0.05) is 27.8 Å². The van der Waals surface area contributed by atoms with Crippen molar-refractivity contribution in [2.24, 2.45) is 0 Å². The zero-order chi connectivity index (χ0) is 24.6. The molecule has 0 atom stereocenters. The van der Waals surface area contributed by atoms with E-state index in [1.165, 1.54) is 53.9 Å². The summed E-state index contributed by atoms with van der Waals surface area (Å²) in [4.78, 5) is 24.5. The van der Waals surface area contributed by atoms with Gasteiger partial charge in [0.15, 0.2) is 0 Å². The van der Waals surface area contributed by atoms with Crippen LogP contribution in [0.2, 0.25) is 15.1 Å². The number of nitrogens with zero attached hydrogens (tertiary/aromatic N) is 1. The first kappa shape index (κ1) is 24.3. The fourth-order valence-electron chi connectivity index (χ4n) is 3.62. The van der Waals surface area contributed by atoms with Crippen LogP contribution in [-0.4, -0.2) is 33.9 Å². The molecule has 0 unspecified atom stereocenters. The fraction of sp³-hybridized carbons (Fsp3) is 0.130. The molecule has 7 nitrogen and oxygen atoms in total. The van der Waals surface area contributed by atoms with E-state index in [0.29, 0.717) is 17.8 Å². The van der Waals surface area contributed by atoms with Crippen LogP contribution in [0, 0.1) is 0 Å². The number of esters is 1. The molecule has 0 saturated heterocycles. The summed E-state index contributed by atoms with van der Waals surface area (Å²) >= 11 is 18.1. The van der Waals surface area contributed by atoms with Gasteiger partial charge in [-0.25, -0.2) is 13.2 Å². The van der Waals surface area contributed by atoms with Crippen molar-refractivity contribution in [3.05, 3.63) is 86.4 Å². The normalized spacial score (nSPS) is 12.9. The van der Waals surface area contributed by atoms with Gasteiger partial charge in [0.25, 0.3) is 15.9 Å². The Labute approximate surface area is 211 Å². The summed E-state index contributed by atoms with van der Waals surface area (Å²) in [5, 5.41) is 3.23. The molecule has 1 heterocycles. The minimum absolute atomic E-state index is 0.0342. The lowest BCUT2D eigenvalue weighted by Gasteiger charge is -2.20. The number of ether oxygens (including phenoxy) is 1. The van der Waals surface area contributed by atoms with Gasteiger partial charge in [-0.2, -0.15) is 0 Å². The number of fused-ring (bicyclic) bond motifs is 1. The molecule has 0 radical (unpaired) electrons. The van der Waals surface area contributed by atoms with Crippen molar-refractivity contribution in [3.8, 4) is 0 Å². The van der Waals surface area contributed by atoms with Crippen LogP contribution in [0.3, 0.4) is 0 Å². The Morgan fingerprint density at radius 3 is 2.32 bits per heavy atom. The van der Waals surface area contributed by atoms with Gasteiger partial charge in [-0.1, -0.05) is 40.9 Å². The maximum Gasteiger partial charge on any atom is 0.339 e. The molecule has 1 aliphatic heterocycles. The van der Waals surface area contributed by atoms with Crippen LogP contribution in [0.4, 0.5) is 11.4 Å². The van der Waals surface area contributed by atoms with Gasteiger partial charge in [-0.05, 0) is 60.5 Å². The molecule has 0 spiro atoms. The van der Waals surface area contributed by atoms with E-state index in [2.05, 4.69) is 10.1 Å². The second-order valence-electron chi connectivity index (χ2n) is 7.42. The molecule has 3 aromatic rings. The molecule has 1 amide bonds. The SMILES string of the molecule is COC(=O)c1ccc(NC(=O)c2ccc3c(c2)N(S(=O)(=O)c2cc(Cl)cc(Cl)c2)CC3)cc1Cl. The summed E-state index contributed by atoms with van der Waals surface area (Å²) < 4.78 is 32.4. The van der Waals surface area contributed by atoms with Crippen LogP contribution >= 0.6 is 34.8 Å². The molecule has 0 aliphatic carbocycles. The minimum Gasteiger partial charge on any atom is -0.465 e. The quantitative estimate of drug-likeness (QED) is 0.436. The number of rotatable bonds is 5. The number of nitrogens with one attached hydrogen (secondary N) is 1. The first-order valence-electron chi connectivity index (χ1n) is 9.91. The highest BCUT2D eigenvalue weighted by Gasteiger charge is 2.32. The predicted octanol–water partition coefficient (Wildman–Crippen LogP) is 5.44. The summed E-state index contributed by atoms with van der Waals surface area (Å²) in [6.45, 7) is 0.220. The smallest absolute Gasteiger partial charge is 0.339 e. The van der Waals surface area contributed by atoms with Gasteiger partial charge >= 0.3 is 5.97 Å². The van der Waals surface area contributed by atoms with Gasteiger partial charge < -0.3 is 10.1 Å². The monoisotopic (exact) mass is 538 g/mol. The number of hydrogen-bond donors (Lipinski definition) is 1. The van der Waals surface area contributed by atoms with E-state index in [-0.39, 0.29) is 37.6 Å². The highest BCUT2D eigenvalue weighted by atomic mass is 35.5. The topological polar surface area (TPSA) is 92.8 Å². The van der Waals surface area contributed by atoms with Crippen LogP contribution in [0.15, 0.2) is 59.5 Å². The first-order chi connectivity index (χ1) is 16.1. The molecule has 0 aromatic heterocycles. The van der Waals surface area contributed by atoms with E-state index in [4.69, 9.17) is 34.8 Å². The average molecular weight is 540 g/mol. The molecule has 4 rings (SSSR count). The first-order valence-corrected chi connectivity index (χ1v) is 12.5. The van der Waals surface area contributed by atoms with Crippen LogP contribution < -0.4 is 9.62 Å². The van der Waals surface area contributed by atoms with Crippen LogP contribution in [0.1, 0.15) is 26.3 Å². The van der Waals surface area contributed by atoms with E-state index in [1.807, 2.05) is 0 Å². The predicted molar refractivity (Wildman–Crippen MR) is 132 cm³/mol. The Hall–Kier alpha value is -2.78. The number of amides is 1. The molecule has 176 valence electrons. The van der Waals surface area contributed by atoms with Gasteiger partial charge in [-0.15, -0.1) is 0 Å². The molecule has 3 aromatic carbocycles. The summed E-state index contributed by atoms with van der Waals surface area (Å²) in [5.74, 6) is -1.07. The molecule has 1 N–H and O–H groups in total. The van der Waals surface area contributed by atoms with Crippen LogP contribution in [0.25, 0.3) is 0 Å². The van der Waals surface area contributed by atoms with Crippen LogP contribution in [-0.2, 0) is 21.2 Å². The maximum absolute atomic E-state index is 13.3. The Kier molecular flexibility index (Phi) is 6.78. The van der Waals surface area contributed by atoms with E-state index in [1.54, 1.807) is 12.1 Å². The standard InChI is InChI=1S/C23H17Cl3N2O5S/c1-33-23(30)19-5-4-17(12-20(19)26)27-22(29)14-3-2-13-6-7-28(21(13)8-14)34(31,32)18-10-15(24)9-16(25)11-18/h2-5,8-12H,6-7H2,1H3,(H,27,29). The van der Waals surface area contributed by atoms with Crippen molar-refractivity contribution in [1.29, 1.82) is 0 Å². The number of halogens is 3. The number of sulfonamides is 1. The van der Waals surface area contributed by atoms with Gasteiger partial charge in [0.05, 0.1) is 28.3 Å². The Morgan fingerprint density at radius 2 is 1.68 bits per heavy atom. The van der Waals surface area contributed by atoms with Crippen molar-refractivity contribution in [1.82, 2.24) is 0 Å². The molecular weight excluding hydrogens is 523 g/mol. The second kappa shape index (κ2) is 9.46. The lowest BCUT2D eigenvalue weighted by molar-refractivity contribution is 0.0601. The third kappa shape index (κ3) is 4.72. The Morgan fingerprint density at radius 1 is 0.971 bits per heavy atom.